The van der Waals surface area contributed by atoms with Gasteiger partial charge >= 0.3 is 0 Å². The van der Waals surface area contributed by atoms with Gasteiger partial charge in [-0.2, -0.15) is 5.10 Å². The average molecular weight is 473 g/mol. The van der Waals surface area contributed by atoms with Gasteiger partial charge in [0.15, 0.2) is 4.77 Å². The standard InChI is InChI=1S/C22H28N6O2S2/c1-3-4-19-24-25-22(31)28(19)14-20(29)27-11-9-26(10-12-27)13-17-15-32-21(23-17)16-5-7-18(30-2)8-6-16/h5-8,15H,3-4,9-14H2,1-2H3,(H,25,31). The number of benzene rings is 1. The maximum absolute atomic E-state index is 12.8. The van der Waals surface area contributed by atoms with Gasteiger partial charge in [-0.25, -0.2) is 4.98 Å². The van der Waals surface area contributed by atoms with E-state index >= 15 is 0 Å². The molecule has 1 aromatic carbocycles. The second-order valence-electron chi connectivity index (χ2n) is 7.81. The Morgan fingerprint density at radius 2 is 1.97 bits per heavy atom. The maximum atomic E-state index is 12.8. The van der Waals surface area contributed by atoms with Gasteiger partial charge in [0.2, 0.25) is 5.91 Å². The molecule has 1 fully saturated rings. The highest BCUT2D eigenvalue weighted by molar-refractivity contribution is 7.71. The Kier molecular flexibility index (Phi) is 7.33. The molecule has 0 bridgehead atoms. The number of methoxy groups -OCH3 is 1. The molecule has 4 rings (SSSR count). The smallest absolute Gasteiger partial charge is 0.242 e. The summed E-state index contributed by atoms with van der Waals surface area (Å²) in [6.45, 7) is 6.22. The fraction of sp³-hybridized carbons (Fsp3) is 0.455. The number of ether oxygens (including phenoxy) is 1. The fourth-order valence-electron chi connectivity index (χ4n) is 3.79. The first-order chi connectivity index (χ1) is 15.6. The van der Waals surface area contributed by atoms with E-state index in [9.17, 15) is 4.79 Å². The van der Waals surface area contributed by atoms with Crippen LogP contribution in [0.5, 0.6) is 5.75 Å². The lowest BCUT2D eigenvalue weighted by Gasteiger charge is -2.34. The van der Waals surface area contributed by atoms with Crippen LogP contribution in [0.4, 0.5) is 0 Å². The number of carbonyl (C=O) groups excluding carboxylic acids is 1. The van der Waals surface area contributed by atoms with Crippen LogP contribution in [0.25, 0.3) is 10.6 Å². The highest BCUT2D eigenvalue weighted by atomic mass is 32.1. The Bertz CT molecular complexity index is 1100. The molecule has 3 aromatic rings. The number of rotatable bonds is 8. The largest absolute Gasteiger partial charge is 0.497 e. The van der Waals surface area contributed by atoms with Gasteiger partial charge in [0.05, 0.1) is 12.8 Å². The second kappa shape index (κ2) is 10.4. The van der Waals surface area contributed by atoms with Crippen LogP contribution in [0.2, 0.25) is 0 Å². The van der Waals surface area contributed by atoms with Crippen LogP contribution in [0, 0.1) is 4.77 Å². The molecular weight excluding hydrogens is 444 g/mol. The lowest BCUT2D eigenvalue weighted by Crippen LogP contribution is -2.49. The zero-order valence-corrected chi connectivity index (χ0v) is 20.0. The molecule has 1 N–H and O–H groups in total. The molecule has 3 heterocycles. The molecule has 0 radical (unpaired) electrons. The van der Waals surface area contributed by atoms with E-state index in [0.717, 1.165) is 60.3 Å². The predicted octanol–water partition coefficient (Wildman–Crippen LogP) is 3.37. The molecule has 0 unspecified atom stereocenters. The number of nitrogens with one attached hydrogen (secondary N) is 1. The van der Waals surface area contributed by atoms with Crippen molar-refractivity contribution >= 4 is 29.5 Å². The first-order valence-corrected chi connectivity index (χ1v) is 12.1. The number of nitrogens with zero attached hydrogens (tertiary/aromatic N) is 5. The summed E-state index contributed by atoms with van der Waals surface area (Å²) >= 11 is 6.96. The molecule has 1 aliphatic rings. The molecule has 0 saturated carbocycles. The van der Waals surface area contributed by atoms with E-state index in [-0.39, 0.29) is 12.5 Å². The van der Waals surface area contributed by atoms with Gasteiger partial charge in [0, 0.05) is 50.1 Å². The Balaban J connectivity index is 1.30. The molecule has 0 aliphatic carbocycles. The molecule has 1 aliphatic heterocycles. The predicted molar refractivity (Wildman–Crippen MR) is 127 cm³/mol. The molecule has 1 saturated heterocycles. The van der Waals surface area contributed by atoms with Crippen LogP contribution < -0.4 is 4.74 Å². The van der Waals surface area contributed by atoms with E-state index in [2.05, 4.69) is 27.4 Å². The van der Waals surface area contributed by atoms with Crippen molar-refractivity contribution in [3.8, 4) is 16.3 Å². The number of aryl methyl sites for hydroxylation is 1. The summed E-state index contributed by atoms with van der Waals surface area (Å²) in [4.78, 5) is 21.9. The van der Waals surface area contributed by atoms with Crippen molar-refractivity contribution in [1.82, 2.24) is 29.5 Å². The summed E-state index contributed by atoms with van der Waals surface area (Å²) in [5.74, 6) is 1.78. The van der Waals surface area contributed by atoms with Gasteiger partial charge < -0.3 is 9.64 Å². The summed E-state index contributed by atoms with van der Waals surface area (Å²) in [7, 11) is 1.67. The number of aromatic amines is 1. The third-order valence-corrected chi connectivity index (χ3v) is 6.86. The molecular formula is C22H28N6O2S2. The third kappa shape index (κ3) is 5.25. The van der Waals surface area contributed by atoms with Gasteiger partial charge in [0.25, 0.3) is 0 Å². The van der Waals surface area contributed by atoms with Gasteiger partial charge in [0.1, 0.15) is 23.1 Å². The van der Waals surface area contributed by atoms with Crippen molar-refractivity contribution in [3.05, 3.63) is 45.9 Å². The first-order valence-electron chi connectivity index (χ1n) is 10.8. The number of thiazole rings is 1. The number of hydrogen-bond acceptors (Lipinski definition) is 7. The average Bonchev–Trinajstić information content (AvgIpc) is 3.42. The second-order valence-corrected chi connectivity index (χ2v) is 9.06. The minimum Gasteiger partial charge on any atom is -0.497 e. The number of aromatic nitrogens is 4. The molecule has 8 nitrogen and oxygen atoms in total. The lowest BCUT2D eigenvalue weighted by molar-refractivity contribution is -0.133. The van der Waals surface area contributed by atoms with E-state index in [0.29, 0.717) is 17.9 Å². The number of piperazine rings is 1. The quantitative estimate of drug-likeness (QED) is 0.507. The molecule has 0 atom stereocenters. The summed E-state index contributed by atoms with van der Waals surface area (Å²) in [5, 5.41) is 10.2. The minimum absolute atomic E-state index is 0.0925. The van der Waals surface area contributed by atoms with Crippen LogP contribution >= 0.6 is 23.6 Å². The molecule has 10 heteroatoms. The summed E-state index contributed by atoms with van der Waals surface area (Å²) in [6, 6.07) is 7.97. The summed E-state index contributed by atoms with van der Waals surface area (Å²) < 4.78 is 7.56. The van der Waals surface area contributed by atoms with Crippen LogP contribution in [0.15, 0.2) is 29.6 Å². The summed E-state index contributed by atoms with van der Waals surface area (Å²) in [5.41, 5.74) is 2.16. The van der Waals surface area contributed by atoms with Gasteiger partial charge in [-0.1, -0.05) is 6.92 Å². The monoisotopic (exact) mass is 472 g/mol. The van der Waals surface area contributed by atoms with Crippen LogP contribution in [0.1, 0.15) is 24.9 Å². The van der Waals surface area contributed by atoms with Gasteiger partial charge in [-0.3, -0.25) is 19.4 Å². The highest BCUT2D eigenvalue weighted by Crippen LogP contribution is 2.26. The van der Waals surface area contributed by atoms with Gasteiger partial charge in [-0.15, -0.1) is 11.3 Å². The summed E-state index contributed by atoms with van der Waals surface area (Å²) in [6.07, 6.45) is 1.77. The topological polar surface area (TPSA) is 79.3 Å². The van der Waals surface area contributed by atoms with E-state index in [1.165, 1.54) is 0 Å². The molecule has 1 amide bonds. The molecule has 170 valence electrons. The lowest BCUT2D eigenvalue weighted by atomic mass is 10.2. The molecule has 0 spiro atoms. The molecule has 2 aromatic heterocycles. The molecule has 32 heavy (non-hydrogen) atoms. The van der Waals surface area contributed by atoms with Crippen LogP contribution in [-0.2, 0) is 24.3 Å². The van der Waals surface area contributed by atoms with Crippen molar-refractivity contribution in [3.63, 3.8) is 0 Å². The number of H-pyrrole nitrogens is 1. The van der Waals surface area contributed by atoms with Crippen molar-refractivity contribution in [2.75, 3.05) is 33.3 Å². The number of amides is 1. The van der Waals surface area contributed by atoms with Crippen molar-refractivity contribution < 1.29 is 9.53 Å². The minimum atomic E-state index is 0.0925. The van der Waals surface area contributed by atoms with E-state index < -0.39 is 0 Å². The van der Waals surface area contributed by atoms with Crippen LogP contribution in [-0.4, -0.2) is 68.7 Å². The third-order valence-electron chi connectivity index (χ3n) is 5.60. The van der Waals surface area contributed by atoms with E-state index in [1.54, 1.807) is 18.4 Å². The zero-order chi connectivity index (χ0) is 22.5. The Labute approximate surface area is 196 Å². The maximum Gasteiger partial charge on any atom is 0.242 e. The zero-order valence-electron chi connectivity index (χ0n) is 18.4. The number of carbonyl (C=O) groups is 1. The van der Waals surface area contributed by atoms with Crippen molar-refractivity contribution in [1.29, 1.82) is 0 Å². The van der Waals surface area contributed by atoms with E-state index in [4.69, 9.17) is 21.9 Å². The van der Waals surface area contributed by atoms with Crippen molar-refractivity contribution in [2.45, 2.75) is 32.9 Å². The number of hydrogen-bond donors (Lipinski definition) is 1. The van der Waals surface area contributed by atoms with E-state index in [1.807, 2.05) is 33.7 Å². The first kappa shape index (κ1) is 22.6. The highest BCUT2D eigenvalue weighted by Gasteiger charge is 2.23. The van der Waals surface area contributed by atoms with Crippen molar-refractivity contribution in [2.24, 2.45) is 0 Å². The Morgan fingerprint density at radius 3 is 2.66 bits per heavy atom. The normalized spacial score (nSPS) is 14.6. The SMILES string of the molecule is CCCc1n[nH]c(=S)n1CC(=O)N1CCN(Cc2csc(-c3ccc(OC)cc3)n2)CC1. The fourth-order valence-corrected chi connectivity index (χ4v) is 4.83. The Morgan fingerprint density at radius 1 is 1.22 bits per heavy atom. The Hall–Kier alpha value is -2.56. The van der Waals surface area contributed by atoms with Gasteiger partial charge in [-0.05, 0) is 42.9 Å². The van der Waals surface area contributed by atoms with Crippen LogP contribution in [0.3, 0.4) is 0 Å².